The lowest BCUT2D eigenvalue weighted by molar-refractivity contribution is -0.136. The van der Waals surface area contributed by atoms with Gasteiger partial charge in [0.25, 0.3) is 0 Å². The quantitative estimate of drug-likeness (QED) is 0.789. The minimum absolute atomic E-state index is 0.0778. The number of aryl methyl sites for hydroxylation is 1. The Labute approximate surface area is 106 Å². The maximum Gasteiger partial charge on any atom is 0.305 e. The molecule has 0 amide bonds. The van der Waals surface area contributed by atoms with E-state index in [0.29, 0.717) is 12.0 Å². The fourth-order valence-electron chi connectivity index (χ4n) is 1.77. The number of benzene rings is 1. The second-order valence-electron chi connectivity index (χ2n) is 4.14. The first-order valence-corrected chi connectivity index (χ1v) is 5.69. The summed E-state index contributed by atoms with van der Waals surface area (Å²) in [7, 11) is 5.73. The minimum atomic E-state index is -0.821. The molecule has 0 saturated heterocycles. The molecule has 0 atom stereocenters. The molecule has 5 heteroatoms. The van der Waals surface area contributed by atoms with Crippen LogP contribution in [0.3, 0.4) is 0 Å². The fourth-order valence-corrected chi connectivity index (χ4v) is 1.77. The van der Waals surface area contributed by atoms with Crippen LogP contribution in [-0.4, -0.2) is 30.5 Å². The van der Waals surface area contributed by atoms with Crippen LogP contribution in [0.5, 0.6) is 0 Å². The highest BCUT2D eigenvalue weighted by Gasteiger charge is 2.04. The fraction of sp³-hybridized carbons (Fsp3) is 0.231. The topological polar surface area (TPSA) is 62.2 Å². The van der Waals surface area contributed by atoms with Crippen LogP contribution >= 0.6 is 0 Å². The molecule has 0 fully saturated rings. The largest absolute Gasteiger partial charge is 0.481 e. The maximum absolute atomic E-state index is 10.5. The number of pyridine rings is 1. The van der Waals surface area contributed by atoms with Crippen molar-refractivity contribution in [1.29, 1.82) is 0 Å². The van der Waals surface area contributed by atoms with Gasteiger partial charge in [-0.25, -0.2) is 0 Å². The molecule has 2 rings (SSSR count). The summed E-state index contributed by atoms with van der Waals surface area (Å²) in [5, 5.41) is 12.6. The highest BCUT2D eigenvalue weighted by atomic mass is 16.4. The zero-order valence-corrected chi connectivity index (χ0v) is 10.1. The molecule has 0 unspecified atom stereocenters. The van der Waals surface area contributed by atoms with Gasteiger partial charge in [-0.3, -0.25) is 9.78 Å². The highest BCUT2D eigenvalue weighted by molar-refractivity contribution is 6.33. The van der Waals surface area contributed by atoms with Gasteiger partial charge in [0.15, 0.2) is 0 Å². The van der Waals surface area contributed by atoms with Gasteiger partial charge in [0.05, 0.1) is 23.3 Å². The molecule has 0 aliphatic carbocycles. The Hall–Kier alpha value is -2.04. The van der Waals surface area contributed by atoms with E-state index in [1.807, 2.05) is 31.2 Å². The molecule has 1 heterocycles. The van der Waals surface area contributed by atoms with E-state index in [-0.39, 0.29) is 6.42 Å². The Morgan fingerprint density at radius 3 is 2.94 bits per heavy atom. The third-order valence-corrected chi connectivity index (χ3v) is 2.68. The average Bonchev–Trinajstić information content (AvgIpc) is 2.30. The summed E-state index contributed by atoms with van der Waals surface area (Å²) in [5.41, 5.74) is 3.25. The number of carboxylic acid groups (broad SMARTS) is 1. The lowest BCUT2D eigenvalue weighted by atomic mass is 9.94. The van der Waals surface area contributed by atoms with Gasteiger partial charge >= 0.3 is 5.97 Å². The normalized spacial score (nSPS) is 10.5. The number of aromatic nitrogens is 1. The number of anilines is 1. The molecular formula is C13H13BN2O2. The van der Waals surface area contributed by atoms with Gasteiger partial charge in [-0.1, -0.05) is 17.6 Å². The van der Waals surface area contributed by atoms with E-state index in [1.165, 1.54) is 0 Å². The van der Waals surface area contributed by atoms with Crippen molar-refractivity contribution in [2.45, 2.75) is 13.3 Å². The average molecular weight is 240 g/mol. The first kappa shape index (κ1) is 12.4. The maximum atomic E-state index is 10.5. The lowest BCUT2D eigenvalue weighted by Crippen LogP contribution is -2.09. The van der Waals surface area contributed by atoms with E-state index < -0.39 is 5.97 Å². The SMILES string of the molecule is [B]c1ccc2nc(C)c(NCCC(=O)O)cc2c1. The van der Waals surface area contributed by atoms with Crippen molar-refractivity contribution in [3.8, 4) is 0 Å². The van der Waals surface area contributed by atoms with Crippen LogP contribution in [0.15, 0.2) is 24.3 Å². The second kappa shape index (κ2) is 5.08. The van der Waals surface area contributed by atoms with Gasteiger partial charge in [-0.05, 0) is 19.1 Å². The molecule has 1 aromatic heterocycles. The number of nitrogens with one attached hydrogen (secondary N) is 1. The van der Waals surface area contributed by atoms with E-state index in [1.54, 1.807) is 0 Å². The number of carboxylic acids is 1. The van der Waals surface area contributed by atoms with Gasteiger partial charge in [0, 0.05) is 11.9 Å². The molecule has 18 heavy (non-hydrogen) atoms. The van der Waals surface area contributed by atoms with Crippen LogP contribution in [0, 0.1) is 6.92 Å². The van der Waals surface area contributed by atoms with Gasteiger partial charge in [0.2, 0.25) is 0 Å². The highest BCUT2D eigenvalue weighted by Crippen LogP contribution is 2.19. The summed E-state index contributed by atoms with van der Waals surface area (Å²) in [6.07, 6.45) is 0.0778. The number of rotatable bonds is 4. The third-order valence-electron chi connectivity index (χ3n) is 2.68. The first-order chi connectivity index (χ1) is 8.56. The molecule has 2 radical (unpaired) electrons. The number of hydrogen-bond donors (Lipinski definition) is 2. The van der Waals surface area contributed by atoms with E-state index in [9.17, 15) is 4.79 Å². The monoisotopic (exact) mass is 240 g/mol. The van der Waals surface area contributed by atoms with E-state index in [0.717, 1.165) is 22.3 Å². The minimum Gasteiger partial charge on any atom is -0.481 e. The molecule has 90 valence electrons. The van der Waals surface area contributed by atoms with E-state index in [4.69, 9.17) is 13.0 Å². The van der Waals surface area contributed by atoms with Crippen molar-refractivity contribution in [2.75, 3.05) is 11.9 Å². The molecule has 1 aromatic carbocycles. The Balaban J connectivity index is 2.27. The van der Waals surface area contributed by atoms with Crippen LogP contribution < -0.4 is 10.8 Å². The Morgan fingerprint density at radius 2 is 2.22 bits per heavy atom. The second-order valence-corrected chi connectivity index (χ2v) is 4.14. The van der Waals surface area contributed by atoms with Gasteiger partial charge in [-0.2, -0.15) is 0 Å². The Bertz CT molecular complexity index is 599. The number of carbonyl (C=O) groups is 1. The van der Waals surface area contributed by atoms with E-state index in [2.05, 4.69) is 10.3 Å². The van der Waals surface area contributed by atoms with Crippen LogP contribution in [0.25, 0.3) is 10.9 Å². The number of hydrogen-bond acceptors (Lipinski definition) is 3. The zero-order chi connectivity index (χ0) is 13.1. The van der Waals surface area contributed by atoms with Crippen LogP contribution in [0.2, 0.25) is 0 Å². The molecule has 2 N–H and O–H groups in total. The smallest absolute Gasteiger partial charge is 0.305 e. The zero-order valence-electron chi connectivity index (χ0n) is 10.1. The van der Waals surface area contributed by atoms with Crippen molar-refractivity contribution >= 4 is 35.9 Å². The third kappa shape index (κ3) is 2.80. The summed E-state index contributed by atoms with van der Waals surface area (Å²) in [5.74, 6) is -0.821. The molecule has 0 saturated carbocycles. The molecular weight excluding hydrogens is 227 g/mol. The van der Waals surface area contributed by atoms with Crippen molar-refractivity contribution in [2.24, 2.45) is 0 Å². The predicted octanol–water partition coefficient (Wildman–Crippen LogP) is 1.22. The Morgan fingerprint density at radius 1 is 1.44 bits per heavy atom. The van der Waals surface area contributed by atoms with Crippen molar-refractivity contribution < 1.29 is 9.90 Å². The van der Waals surface area contributed by atoms with Gasteiger partial charge < -0.3 is 10.4 Å². The standard InChI is InChI=1S/C13H13BN2O2/c1-8-12(15-5-4-13(17)18)7-9-6-10(14)2-3-11(9)16-8/h2-3,6-7,15H,4-5H2,1H3,(H,17,18). The van der Waals surface area contributed by atoms with Crippen molar-refractivity contribution in [3.63, 3.8) is 0 Å². The summed E-state index contributed by atoms with van der Waals surface area (Å²) in [4.78, 5) is 14.9. The Kier molecular flexibility index (Phi) is 3.51. The molecule has 4 nitrogen and oxygen atoms in total. The molecule has 0 bridgehead atoms. The van der Waals surface area contributed by atoms with Gasteiger partial charge in [0.1, 0.15) is 7.85 Å². The number of aliphatic carboxylic acids is 1. The first-order valence-electron chi connectivity index (χ1n) is 5.69. The van der Waals surface area contributed by atoms with Crippen molar-refractivity contribution in [3.05, 3.63) is 30.0 Å². The number of nitrogens with zero attached hydrogens (tertiary/aromatic N) is 1. The van der Waals surface area contributed by atoms with Crippen molar-refractivity contribution in [1.82, 2.24) is 4.98 Å². The van der Waals surface area contributed by atoms with Crippen LogP contribution in [-0.2, 0) is 4.79 Å². The van der Waals surface area contributed by atoms with Gasteiger partial charge in [-0.15, -0.1) is 0 Å². The molecule has 2 aromatic rings. The summed E-state index contributed by atoms with van der Waals surface area (Å²) in [6, 6.07) is 7.48. The molecule has 0 aliphatic heterocycles. The summed E-state index contributed by atoms with van der Waals surface area (Å²) < 4.78 is 0. The van der Waals surface area contributed by atoms with E-state index >= 15 is 0 Å². The lowest BCUT2D eigenvalue weighted by Gasteiger charge is -2.10. The molecule has 0 aliphatic rings. The number of fused-ring (bicyclic) bond motifs is 1. The van der Waals surface area contributed by atoms with Crippen LogP contribution in [0.4, 0.5) is 5.69 Å². The van der Waals surface area contributed by atoms with Crippen LogP contribution in [0.1, 0.15) is 12.1 Å². The predicted molar refractivity (Wildman–Crippen MR) is 72.6 cm³/mol. The molecule has 0 spiro atoms. The summed E-state index contributed by atoms with van der Waals surface area (Å²) >= 11 is 0. The summed E-state index contributed by atoms with van der Waals surface area (Å²) in [6.45, 7) is 2.27.